The summed E-state index contributed by atoms with van der Waals surface area (Å²) in [6, 6.07) is 8.74. The smallest absolute Gasteiger partial charge is 0.253 e. The molecule has 2 heterocycles. The van der Waals surface area contributed by atoms with Crippen LogP contribution in [0.15, 0.2) is 42.7 Å². The van der Waals surface area contributed by atoms with E-state index in [0.29, 0.717) is 17.0 Å². The molecule has 0 spiro atoms. The predicted octanol–water partition coefficient (Wildman–Crippen LogP) is 3.62. The van der Waals surface area contributed by atoms with Gasteiger partial charge in [-0.1, -0.05) is 12.1 Å². The van der Waals surface area contributed by atoms with Gasteiger partial charge in [-0.15, -0.1) is 0 Å². The van der Waals surface area contributed by atoms with Gasteiger partial charge in [-0.2, -0.15) is 0 Å². The highest BCUT2D eigenvalue weighted by Crippen LogP contribution is 2.22. The molecule has 1 aromatic heterocycles. The van der Waals surface area contributed by atoms with Gasteiger partial charge >= 0.3 is 0 Å². The van der Waals surface area contributed by atoms with Crippen LogP contribution < -0.4 is 0 Å². The largest absolute Gasteiger partial charge is 0.338 e. The number of likely N-dealkylation sites (tertiary alicyclic amines) is 1. The quantitative estimate of drug-likeness (QED) is 0.867. The van der Waals surface area contributed by atoms with Gasteiger partial charge in [-0.25, -0.2) is 4.39 Å². The monoisotopic (exact) mass is 312 g/mol. The molecule has 0 bridgehead atoms. The number of halogens is 1. The number of benzene rings is 1. The number of hydrogen-bond donors (Lipinski definition) is 0. The number of nitrogens with zero attached hydrogens (tertiary/aromatic N) is 2. The number of rotatable bonds is 3. The fourth-order valence-corrected chi connectivity index (χ4v) is 3.18. The van der Waals surface area contributed by atoms with E-state index in [1.54, 1.807) is 25.3 Å². The third kappa shape index (κ3) is 3.76. The Morgan fingerprint density at radius 3 is 3.00 bits per heavy atom. The molecule has 3 nitrogen and oxygen atoms in total. The molecule has 2 aromatic rings. The van der Waals surface area contributed by atoms with Gasteiger partial charge in [0.05, 0.1) is 0 Å². The van der Waals surface area contributed by atoms with E-state index in [9.17, 15) is 9.18 Å². The van der Waals surface area contributed by atoms with E-state index in [2.05, 4.69) is 11.1 Å². The first kappa shape index (κ1) is 15.7. The summed E-state index contributed by atoms with van der Waals surface area (Å²) in [5, 5.41) is 0. The minimum Gasteiger partial charge on any atom is -0.338 e. The minimum atomic E-state index is -0.320. The average Bonchev–Trinajstić information content (AvgIpc) is 2.58. The Morgan fingerprint density at radius 2 is 2.26 bits per heavy atom. The first-order chi connectivity index (χ1) is 11.1. The van der Waals surface area contributed by atoms with Crippen molar-refractivity contribution in [2.45, 2.75) is 26.2 Å². The van der Waals surface area contributed by atoms with Crippen LogP contribution in [0.25, 0.3) is 0 Å². The van der Waals surface area contributed by atoms with E-state index in [1.807, 2.05) is 17.2 Å². The van der Waals surface area contributed by atoms with Crippen molar-refractivity contribution in [3.63, 3.8) is 0 Å². The lowest BCUT2D eigenvalue weighted by atomic mass is 9.91. The molecule has 0 radical (unpaired) electrons. The molecule has 1 aromatic carbocycles. The molecule has 0 saturated carbocycles. The molecule has 1 saturated heterocycles. The summed E-state index contributed by atoms with van der Waals surface area (Å²) < 4.78 is 13.7. The fraction of sp³-hybridized carbons (Fsp3) is 0.368. The number of hydrogen-bond acceptors (Lipinski definition) is 2. The Kier molecular flexibility index (Phi) is 4.70. The van der Waals surface area contributed by atoms with Crippen molar-refractivity contribution in [3.8, 4) is 0 Å². The second-order valence-corrected chi connectivity index (χ2v) is 6.29. The van der Waals surface area contributed by atoms with Crippen molar-refractivity contribution in [2.24, 2.45) is 5.92 Å². The number of carbonyl (C=O) groups is 1. The van der Waals surface area contributed by atoms with Crippen LogP contribution in [0.5, 0.6) is 0 Å². The highest BCUT2D eigenvalue weighted by atomic mass is 19.1. The average molecular weight is 312 g/mol. The van der Waals surface area contributed by atoms with Crippen LogP contribution in [0.4, 0.5) is 4.39 Å². The van der Waals surface area contributed by atoms with Gasteiger partial charge in [0.1, 0.15) is 5.82 Å². The van der Waals surface area contributed by atoms with Crippen LogP contribution in [0.3, 0.4) is 0 Å². The maximum atomic E-state index is 13.7. The van der Waals surface area contributed by atoms with Gasteiger partial charge in [-0.3, -0.25) is 9.78 Å². The van der Waals surface area contributed by atoms with Crippen LogP contribution >= 0.6 is 0 Å². The SMILES string of the molecule is Cc1ccc(C(=O)N2CCC[C@@H](Cc3cccnc3)C2)cc1F. The molecule has 1 aliphatic rings. The molecule has 23 heavy (non-hydrogen) atoms. The molecule has 0 aliphatic carbocycles. The van der Waals surface area contributed by atoms with E-state index in [0.717, 1.165) is 32.4 Å². The second-order valence-electron chi connectivity index (χ2n) is 6.29. The molecule has 0 unspecified atom stereocenters. The highest BCUT2D eigenvalue weighted by molar-refractivity contribution is 5.94. The standard InChI is InChI=1S/C19H21FN2O/c1-14-6-7-17(11-18(14)20)19(23)22-9-3-5-16(13-22)10-15-4-2-8-21-12-15/h2,4,6-8,11-12,16H,3,5,9-10,13H2,1H3/t16-/m0/s1. The Balaban J connectivity index is 1.68. The Bertz CT molecular complexity index is 687. The number of amides is 1. The normalized spacial score (nSPS) is 18.0. The van der Waals surface area contributed by atoms with Crippen LogP contribution in [0, 0.1) is 18.7 Å². The van der Waals surface area contributed by atoms with Crippen molar-refractivity contribution < 1.29 is 9.18 Å². The van der Waals surface area contributed by atoms with Gasteiger partial charge in [0.15, 0.2) is 0 Å². The van der Waals surface area contributed by atoms with Gasteiger partial charge < -0.3 is 4.90 Å². The predicted molar refractivity (Wildman–Crippen MR) is 87.7 cm³/mol. The first-order valence-corrected chi connectivity index (χ1v) is 8.08. The maximum Gasteiger partial charge on any atom is 0.253 e. The summed E-state index contributed by atoms with van der Waals surface area (Å²) in [5.41, 5.74) is 2.21. The van der Waals surface area contributed by atoms with Crippen molar-refractivity contribution in [2.75, 3.05) is 13.1 Å². The fourth-order valence-electron chi connectivity index (χ4n) is 3.18. The van der Waals surface area contributed by atoms with Gasteiger partial charge in [0.25, 0.3) is 5.91 Å². The summed E-state index contributed by atoms with van der Waals surface area (Å²) in [5.74, 6) is 0.0479. The lowest BCUT2D eigenvalue weighted by Gasteiger charge is -2.33. The number of carbonyl (C=O) groups excluding carboxylic acids is 1. The lowest BCUT2D eigenvalue weighted by Crippen LogP contribution is -2.40. The van der Waals surface area contributed by atoms with Crippen LogP contribution in [-0.4, -0.2) is 28.9 Å². The van der Waals surface area contributed by atoms with Crippen molar-refractivity contribution in [3.05, 3.63) is 65.2 Å². The minimum absolute atomic E-state index is 0.0696. The van der Waals surface area contributed by atoms with Crippen LogP contribution in [0.2, 0.25) is 0 Å². The van der Waals surface area contributed by atoms with Crippen molar-refractivity contribution >= 4 is 5.91 Å². The number of pyridine rings is 1. The molecule has 120 valence electrons. The second kappa shape index (κ2) is 6.90. The summed E-state index contributed by atoms with van der Waals surface area (Å²) in [4.78, 5) is 18.6. The van der Waals surface area contributed by atoms with Crippen molar-refractivity contribution in [1.82, 2.24) is 9.88 Å². The topological polar surface area (TPSA) is 33.2 Å². The van der Waals surface area contributed by atoms with Gasteiger partial charge in [-0.05, 0) is 61.4 Å². The Hall–Kier alpha value is -2.23. The first-order valence-electron chi connectivity index (χ1n) is 8.08. The molecular weight excluding hydrogens is 291 g/mol. The lowest BCUT2D eigenvalue weighted by molar-refractivity contribution is 0.0673. The maximum absolute atomic E-state index is 13.7. The Morgan fingerprint density at radius 1 is 1.39 bits per heavy atom. The van der Waals surface area contributed by atoms with E-state index in [4.69, 9.17) is 0 Å². The van der Waals surface area contributed by atoms with E-state index >= 15 is 0 Å². The molecule has 1 atom stereocenters. The molecule has 0 N–H and O–H groups in total. The van der Waals surface area contributed by atoms with E-state index in [-0.39, 0.29) is 11.7 Å². The zero-order valence-corrected chi connectivity index (χ0v) is 13.3. The number of aryl methyl sites for hydroxylation is 1. The molecular formula is C19H21FN2O. The number of piperidine rings is 1. The third-order valence-corrected chi connectivity index (χ3v) is 4.47. The van der Waals surface area contributed by atoms with Crippen molar-refractivity contribution in [1.29, 1.82) is 0 Å². The number of aromatic nitrogens is 1. The molecule has 1 amide bonds. The highest BCUT2D eigenvalue weighted by Gasteiger charge is 2.25. The van der Waals surface area contributed by atoms with Gasteiger partial charge in [0.2, 0.25) is 0 Å². The van der Waals surface area contributed by atoms with E-state index < -0.39 is 0 Å². The third-order valence-electron chi connectivity index (χ3n) is 4.47. The summed E-state index contributed by atoms with van der Waals surface area (Å²) in [6.45, 7) is 3.18. The zero-order chi connectivity index (χ0) is 16.2. The zero-order valence-electron chi connectivity index (χ0n) is 13.3. The van der Waals surface area contributed by atoms with E-state index in [1.165, 1.54) is 11.6 Å². The molecule has 1 aliphatic heterocycles. The molecule has 4 heteroatoms. The summed E-state index contributed by atoms with van der Waals surface area (Å²) in [7, 11) is 0. The Labute approximate surface area is 136 Å². The summed E-state index contributed by atoms with van der Waals surface area (Å²) in [6.07, 6.45) is 6.69. The van der Waals surface area contributed by atoms with Crippen LogP contribution in [0.1, 0.15) is 34.3 Å². The molecule has 1 fully saturated rings. The van der Waals surface area contributed by atoms with Gasteiger partial charge in [0, 0.05) is 31.0 Å². The summed E-state index contributed by atoms with van der Waals surface area (Å²) >= 11 is 0. The van der Waals surface area contributed by atoms with Crippen LogP contribution in [-0.2, 0) is 6.42 Å². The molecule has 3 rings (SSSR count).